The van der Waals surface area contributed by atoms with E-state index in [4.69, 9.17) is 5.11 Å². The van der Waals surface area contributed by atoms with Gasteiger partial charge in [-0.05, 0) is 12.0 Å². The summed E-state index contributed by atoms with van der Waals surface area (Å²) in [4.78, 5) is 33.3. The van der Waals surface area contributed by atoms with E-state index >= 15 is 0 Å². The lowest BCUT2D eigenvalue weighted by Crippen LogP contribution is -2.50. The Kier molecular flexibility index (Phi) is 6.35. The van der Waals surface area contributed by atoms with Crippen LogP contribution in [0.5, 0.6) is 0 Å². The van der Waals surface area contributed by atoms with E-state index in [1.54, 1.807) is 24.3 Å². The number of hydrogen-bond acceptors (Lipinski definition) is 4. The van der Waals surface area contributed by atoms with E-state index < -0.39 is 24.0 Å². The summed E-state index contributed by atoms with van der Waals surface area (Å²) in [7, 11) is 0. The molecule has 0 saturated carbocycles. The highest BCUT2D eigenvalue weighted by Crippen LogP contribution is 2.06. The zero-order chi connectivity index (χ0) is 15.8. The summed E-state index contributed by atoms with van der Waals surface area (Å²) in [5, 5.41) is 23.3. The minimum atomic E-state index is -1.73. The van der Waals surface area contributed by atoms with Gasteiger partial charge in [0.2, 0.25) is 11.8 Å². The molecule has 1 aromatic carbocycles. The molecule has 2 amide bonds. The van der Waals surface area contributed by atoms with E-state index in [1.807, 2.05) is 6.07 Å². The highest BCUT2D eigenvalue weighted by atomic mass is 16.4. The first-order valence-electron chi connectivity index (χ1n) is 6.38. The first kappa shape index (κ1) is 16.6. The maximum Gasteiger partial charge on any atom is 0.334 e. The van der Waals surface area contributed by atoms with Crippen LogP contribution in [0.2, 0.25) is 0 Å². The predicted molar refractivity (Wildman–Crippen MR) is 74.4 cm³/mol. The van der Waals surface area contributed by atoms with Crippen LogP contribution in [-0.2, 0) is 20.8 Å². The Morgan fingerprint density at radius 1 is 1.19 bits per heavy atom. The number of carboxylic acids is 1. The molecule has 7 heteroatoms. The van der Waals surface area contributed by atoms with Gasteiger partial charge in [-0.15, -0.1) is 0 Å². The molecule has 1 aromatic rings. The fourth-order valence-electron chi connectivity index (χ4n) is 1.74. The maximum absolute atomic E-state index is 11.6. The molecule has 2 atom stereocenters. The van der Waals surface area contributed by atoms with Gasteiger partial charge in [-0.1, -0.05) is 30.3 Å². The monoisotopic (exact) mass is 294 g/mol. The van der Waals surface area contributed by atoms with Crippen molar-refractivity contribution in [2.75, 3.05) is 6.54 Å². The Morgan fingerprint density at radius 2 is 1.81 bits per heavy atom. The zero-order valence-electron chi connectivity index (χ0n) is 11.6. The second-order valence-corrected chi connectivity index (χ2v) is 4.56. The molecule has 7 nitrogen and oxygen atoms in total. The third-order valence-corrected chi connectivity index (χ3v) is 2.78. The normalized spacial score (nSPS) is 13.0. The number of carbonyl (C=O) groups is 3. The molecular formula is C14H18N2O5. The molecule has 0 aliphatic rings. The Balaban J connectivity index is 2.71. The van der Waals surface area contributed by atoms with E-state index in [9.17, 15) is 19.5 Å². The third kappa shape index (κ3) is 6.05. The van der Waals surface area contributed by atoms with Crippen LogP contribution in [0.15, 0.2) is 30.3 Å². The van der Waals surface area contributed by atoms with Gasteiger partial charge in [0.05, 0.1) is 12.6 Å². The average Bonchev–Trinajstić information content (AvgIpc) is 2.44. The highest BCUT2D eigenvalue weighted by Gasteiger charge is 2.27. The Morgan fingerprint density at radius 3 is 2.33 bits per heavy atom. The van der Waals surface area contributed by atoms with E-state index in [0.29, 0.717) is 0 Å². The molecule has 0 aliphatic heterocycles. The molecule has 2 unspecified atom stereocenters. The van der Waals surface area contributed by atoms with Crippen molar-refractivity contribution in [3.05, 3.63) is 35.9 Å². The van der Waals surface area contributed by atoms with Gasteiger partial charge in [0, 0.05) is 6.92 Å². The Bertz CT molecular complexity index is 503. The SMILES string of the molecule is CC(=O)NCC(=O)NC(Cc1ccccc1)C(O)C(=O)O. The summed E-state index contributed by atoms with van der Waals surface area (Å²) in [6.45, 7) is 0.994. The summed E-state index contributed by atoms with van der Waals surface area (Å²) in [6.07, 6.45) is -1.56. The third-order valence-electron chi connectivity index (χ3n) is 2.78. The van der Waals surface area contributed by atoms with Crippen LogP contribution >= 0.6 is 0 Å². The van der Waals surface area contributed by atoms with Crippen molar-refractivity contribution < 1.29 is 24.6 Å². The first-order valence-corrected chi connectivity index (χ1v) is 6.38. The van der Waals surface area contributed by atoms with Crippen molar-refractivity contribution >= 4 is 17.8 Å². The van der Waals surface area contributed by atoms with E-state index in [0.717, 1.165) is 5.56 Å². The number of aliphatic carboxylic acids is 1. The number of nitrogens with one attached hydrogen (secondary N) is 2. The summed E-state index contributed by atoms with van der Waals surface area (Å²) >= 11 is 0. The highest BCUT2D eigenvalue weighted by molar-refractivity contribution is 5.84. The fraction of sp³-hybridized carbons (Fsp3) is 0.357. The number of benzene rings is 1. The summed E-state index contributed by atoms with van der Waals surface area (Å²) in [6, 6.07) is 7.91. The number of carboxylic acid groups (broad SMARTS) is 1. The molecule has 0 fully saturated rings. The van der Waals surface area contributed by atoms with Crippen molar-refractivity contribution in [3.8, 4) is 0 Å². The second-order valence-electron chi connectivity index (χ2n) is 4.56. The number of rotatable bonds is 7. The van der Waals surface area contributed by atoms with Crippen LogP contribution in [0.1, 0.15) is 12.5 Å². The van der Waals surface area contributed by atoms with Crippen LogP contribution in [0, 0.1) is 0 Å². The van der Waals surface area contributed by atoms with Gasteiger partial charge >= 0.3 is 5.97 Å². The van der Waals surface area contributed by atoms with Crippen LogP contribution in [0.3, 0.4) is 0 Å². The minimum absolute atomic E-state index is 0.167. The van der Waals surface area contributed by atoms with Crippen molar-refractivity contribution in [2.45, 2.75) is 25.5 Å². The van der Waals surface area contributed by atoms with Crippen molar-refractivity contribution in [3.63, 3.8) is 0 Å². The zero-order valence-corrected chi connectivity index (χ0v) is 11.6. The van der Waals surface area contributed by atoms with E-state index in [2.05, 4.69) is 10.6 Å². The maximum atomic E-state index is 11.6. The lowest BCUT2D eigenvalue weighted by atomic mass is 10.0. The predicted octanol–water partition coefficient (Wildman–Crippen LogP) is -0.704. The standard InChI is InChI=1S/C14H18N2O5/c1-9(17)15-8-12(18)16-11(13(19)14(20)21)7-10-5-3-2-4-6-10/h2-6,11,13,19H,7-8H2,1H3,(H,15,17)(H,16,18)(H,20,21). The Labute approximate surface area is 122 Å². The second kappa shape index (κ2) is 8.01. The topological polar surface area (TPSA) is 116 Å². The lowest BCUT2D eigenvalue weighted by Gasteiger charge is -2.21. The van der Waals surface area contributed by atoms with Gasteiger partial charge < -0.3 is 20.8 Å². The van der Waals surface area contributed by atoms with Gasteiger partial charge in [-0.2, -0.15) is 0 Å². The van der Waals surface area contributed by atoms with Crippen molar-refractivity contribution in [2.24, 2.45) is 0 Å². The van der Waals surface area contributed by atoms with Gasteiger partial charge in [0.1, 0.15) is 0 Å². The lowest BCUT2D eigenvalue weighted by molar-refractivity contribution is -0.148. The van der Waals surface area contributed by atoms with Gasteiger partial charge in [0.15, 0.2) is 6.10 Å². The van der Waals surface area contributed by atoms with Crippen molar-refractivity contribution in [1.82, 2.24) is 10.6 Å². The van der Waals surface area contributed by atoms with E-state index in [1.165, 1.54) is 6.92 Å². The molecule has 21 heavy (non-hydrogen) atoms. The minimum Gasteiger partial charge on any atom is -0.479 e. The molecule has 0 aromatic heterocycles. The largest absolute Gasteiger partial charge is 0.479 e. The van der Waals surface area contributed by atoms with Crippen LogP contribution in [0.4, 0.5) is 0 Å². The number of amides is 2. The molecule has 0 bridgehead atoms. The number of hydrogen-bond donors (Lipinski definition) is 4. The summed E-state index contributed by atoms with van der Waals surface area (Å²) < 4.78 is 0. The molecule has 1 rings (SSSR count). The number of aliphatic hydroxyl groups excluding tert-OH is 1. The van der Waals surface area contributed by atoms with Gasteiger partial charge in [0.25, 0.3) is 0 Å². The average molecular weight is 294 g/mol. The van der Waals surface area contributed by atoms with Gasteiger partial charge in [-0.3, -0.25) is 9.59 Å². The molecule has 0 heterocycles. The fourth-order valence-corrected chi connectivity index (χ4v) is 1.74. The molecule has 0 spiro atoms. The molecule has 114 valence electrons. The molecule has 0 radical (unpaired) electrons. The number of carbonyl (C=O) groups excluding carboxylic acids is 2. The van der Waals surface area contributed by atoms with E-state index in [-0.39, 0.29) is 18.9 Å². The van der Waals surface area contributed by atoms with Crippen LogP contribution < -0.4 is 10.6 Å². The molecule has 0 saturated heterocycles. The van der Waals surface area contributed by atoms with Crippen molar-refractivity contribution in [1.29, 1.82) is 0 Å². The molecular weight excluding hydrogens is 276 g/mol. The summed E-state index contributed by atoms with van der Waals surface area (Å²) in [5.41, 5.74) is 0.780. The molecule has 0 aliphatic carbocycles. The smallest absolute Gasteiger partial charge is 0.334 e. The van der Waals surface area contributed by atoms with Gasteiger partial charge in [-0.25, -0.2) is 4.79 Å². The quantitative estimate of drug-likeness (QED) is 0.530. The Hall–Kier alpha value is -2.41. The first-order chi connectivity index (χ1) is 9.90. The molecule has 4 N–H and O–H groups in total. The van der Waals surface area contributed by atoms with Crippen LogP contribution in [-0.4, -0.2) is 46.7 Å². The van der Waals surface area contributed by atoms with Crippen LogP contribution in [0.25, 0.3) is 0 Å². The number of aliphatic hydroxyl groups is 1. The summed E-state index contributed by atoms with van der Waals surface area (Å²) in [5.74, 6) is -2.36.